The molecule has 0 aliphatic rings. The maximum absolute atomic E-state index is 10.7. The van der Waals surface area contributed by atoms with Crippen LogP contribution in [-0.4, -0.2) is 215 Å². The van der Waals surface area contributed by atoms with Crippen LogP contribution in [0.1, 0.15) is 0 Å². The number of hydrogen-bond donors (Lipinski definition) is 0. The molecule has 6 heterocycles. The molecule has 208 valence electrons. The van der Waals surface area contributed by atoms with Gasteiger partial charge >= 0.3 is 81.9 Å². The van der Waals surface area contributed by atoms with Crippen LogP contribution in [0.4, 0.5) is 0 Å². The second-order valence-electron chi connectivity index (χ2n) is 5.25. The Morgan fingerprint density at radius 3 is 0.488 bits per heavy atom. The minimum Gasteiger partial charge on any atom is -0.787 e. The van der Waals surface area contributed by atoms with Gasteiger partial charge in [0.1, 0.15) is 0 Å². The molecule has 0 aliphatic carbocycles. The van der Waals surface area contributed by atoms with Crippen molar-refractivity contribution in [3.05, 3.63) is 31.2 Å². The Balaban J connectivity index is 0. The number of aromatic nitrogens is 24. The quantitative estimate of drug-likeness (QED) is 0.149. The molecule has 6 radical (unpaired) electrons. The van der Waals surface area contributed by atoms with Crippen molar-refractivity contribution in [3.8, 4) is 34.9 Å². The average molecular weight is 1160 g/mol. The largest absolute Gasteiger partial charge is 2.00 e. The van der Waals surface area contributed by atoms with E-state index in [2.05, 4.69) is 93.2 Å². The molecule has 0 fully saturated rings. The van der Waals surface area contributed by atoms with Crippen LogP contribution in [0.2, 0.25) is 0 Å². The molecule has 6 aromatic heterocycles. The Morgan fingerprint density at radius 2 is 0.415 bits per heavy atom. The third kappa shape index (κ3) is 8.95. The van der Waals surface area contributed by atoms with Gasteiger partial charge in [0.2, 0.25) is 34.9 Å². The first-order valence-electron chi connectivity index (χ1n) is 8.13. The molecule has 32 nitrogen and oxygen atoms in total. The van der Waals surface area contributed by atoms with Crippen LogP contribution in [0.15, 0.2) is 0 Å². The van der Waals surface area contributed by atoms with Crippen LogP contribution >= 0.6 is 0 Å². The van der Waals surface area contributed by atoms with Gasteiger partial charge in [-0.05, 0) is 62.6 Å². The molecule has 0 amide bonds. The third-order valence-corrected chi connectivity index (χ3v) is 3.25. The zero-order valence-electron chi connectivity index (χ0n) is 18.7. The molecule has 0 atom stereocenters. The maximum atomic E-state index is 10.7. The first-order chi connectivity index (χ1) is 17.4. The smallest absolute Gasteiger partial charge is 0.787 e. The fourth-order valence-corrected chi connectivity index (χ4v) is 1.86. The van der Waals surface area contributed by atoms with E-state index < -0.39 is 0 Å². The molecular weight excluding hydrogens is 1160 g/mol. The van der Waals surface area contributed by atoms with Crippen LogP contribution in [-0.2, 0) is 0 Å². The zero-order chi connectivity index (χ0) is 25.7. The van der Waals surface area contributed by atoms with E-state index >= 15 is 0 Å². The fraction of sp³-hybridized carbons (Fsp3) is 0. The molecule has 0 aliphatic heterocycles. The van der Waals surface area contributed by atoms with Gasteiger partial charge in [0.25, 0.3) is 0 Å². The van der Waals surface area contributed by atoms with Crippen molar-refractivity contribution < 1.29 is 11.0 Å². The van der Waals surface area contributed by atoms with Crippen molar-refractivity contribution in [3.63, 3.8) is 0 Å². The summed E-state index contributed by atoms with van der Waals surface area (Å²) < 4.78 is 0. The van der Waals surface area contributed by atoms with Crippen molar-refractivity contribution >= 4 is 81.9 Å². The van der Waals surface area contributed by atoms with Crippen molar-refractivity contribution in [1.29, 1.82) is 0 Å². The van der Waals surface area contributed by atoms with Gasteiger partial charge in [-0.1, -0.05) is 0 Å². The molecule has 0 unspecified atom stereocenters. The van der Waals surface area contributed by atoms with Crippen molar-refractivity contribution in [2.45, 2.75) is 0 Å². The standard InChI is InChI=1S/3C2N8O2.2H2O.3Pb/c3*11-9-1(3-5-7-9)2-4-6-8-10(2)12;;;;;/h;;;2*1H2;;;/q3*-2;;;3*+2. The van der Waals surface area contributed by atoms with Crippen LogP contribution in [0.3, 0.4) is 0 Å². The van der Waals surface area contributed by atoms with E-state index in [0.717, 1.165) is 0 Å². The zero-order valence-corrected chi connectivity index (χ0v) is 30.3. The Hall–Kier alpha value is -4.09. The van der Waals surface area contributed by atoms with Crippen LogP contribution in [0.25, 0.3) is 34.9 Å². The number of tetrazole rings is 6. The van der Waals surface area contributed by atoms with E-state index in [1.165, 1.54) is 0 Å². The Bertz CT molecular complexity index is 1250. The molecule has 0 aromatic carbocycles. The summed E-state index contributed by atoms with van der Waals surface area (Å²) >= 11 is 0. The van der Waals surface area contributed by atoms with Gasteiger partial charge in [0, 0.05) is 0 Å². The molecule has 0 spiro atoms. The van der Waals surface area contributed by atoms with Gasteiger partial charge in [-0.25, -0.2) is 0 Å². The van der Waals surface area contributed by atoms with Gasteiger partial charge < -0.3 is 42.2 Å². The van der Waals surface area contributed by atoms with E-state index in [4.69, 9.17) is 0 Å². The van der Waals surface area contributed by atoms with Gasteiger partial charge in [-0.3, -0.25) is 29.1 Å². The van der Waals surface area contributed by atoms with Gasteiger partial charge in [0.05, 0.1) is 0 Å². The molecule has 35 heteroatoms. The summed E-state index contributed by atoms with van der Waals surface area (Å²) in [5.41, 5.74) is 0. The minimum absolute atomic E-state index is 0. The van der Waals surface area contributed by atoms with E-state index in [0.29, 0.717) is 0 Å². The Morgan fingerprint density at radius 1 is 0.293 bits per heavy atom. The van der Waals surface area contributed by atoms with Crippen LogP contribution < -0.4 is 0 Å². The van der Waals surface area contributed by atoms with Gasteiger partial charge in [0.15, 0.2) is 0 Å². The molecule has 4 N–H and O–H groups in total. The van der Waals surface area contributed by atoms with Crippen molar-refractivity contribution in [2.75, 3.05) is 0 Å². The first-order valence-corrected chi connectivity index (χ1v) is 8.13. The van der Waals surface area contributed by atoms with Crippen LogP contribution in [0, 0.1) is 31.2 Å². The number of nitrogens with zero attached hydrogens (tertiary/aromatic N) is 24. The van der Waals surface area contributed by atoms with Crippen LogP contribution in [0.5, 0.6) is 0 Å². The Kier molecular flexibility index (Phi) is 16.7. The topological polar surface area (TPSA) is 463 Å². The summed E-state index contributed by atoms with van der Waals surface area (Å²) in [5.74, 6) is -1.94. The average Bonchev–Trinajstić information content (AvgIpc) is 3.67. The first kappa shape index (κ1) is 39.1. The van der Waals surface area contributed by atoms with Crippen molar-refractivity contribution in [1.82, 2.24) is 122 Å². The summed E-state index contributed by atoms with van der Waals surface area (Å²) in [6, 6.07) is 0. The maximum Gasteiger partial charge on any atom is 2.00 e. The second-order valence-corrected chi connectivity index (χ2v) is 5.25. The summed E-state index contributed by atoms with van der Waals surface area (Å²) in [6.45, 7) is 0. The van der Waals surface area contributed by atoms with E-state index in [-0.39, 0.29) is 157 Å². The SMILES string of the molecule is O.O.[O-]n1nnnc1-c1nnnn1[O-].[O-]n1nnnc1-c1nnnn1[O-].[O-]n1nnnc1-c1nnnn1[O-].[Pb+2].[Pb+2].[Pb+2]. The third-order valence-electron chi connectivity index (χ3n) is 3.25. The van der Waals surface area contributed by atoms with Crippen molar-refractivity contribution in [2.24, 2.45) is 0 Å². The molecule has 6 aromatic rings. The molecule has 0 saturated heterocycles. The van der Waals surface area contributed by atoms with E-state index in [1.807, 2.05) is 0 Å². The van der Waals surface area contributed by atoms with Gasteiger partial charge in [-0.15, -0.1) is 30.6 Å². The monoisotopic (exact) mass is 1160 g/mol. The molecule has 0 bridgehead atoms. The molecular formula is C6H4N24O8Pb3. The normalized spacial score (nSPS) is 9.07. The number of hydrogen-bond acceptors (Lipinski definition) is 24. The summed E-state index contributed by atoms with van der Waals surface area (Å²) in [7, 11) is 0. The van der Waals surface area contributed by atoms with Gasteiger partial charge in [-0.2, -0.15) is 0 Å². The summed E-state index contributed by atoms with van der Waals surface area (Å²) in [5, 5.41) is 120. The van der Waals surface area contributed by atoms with E-state index in [1.54, 1.807) is 0 Å². The summed E-state index contributed by atoms with van der Waals surface area (Å²) in [4.78, 5) is 0.334. The minimum atomic E-state index is -0.324. The fourth-order valence-electron chi connectivity index (χ4n) is 1.86. The molecule has 6 rings (SSSR count). The molecule has 41 heavy (non-hydrogen) atoms. The van der Waals surface area contributed by atoms with E-state index in [9.17, 15) is 31.2 Å². The summed E-state index contributed by atoms with van der Waals surface area (Å²) in [6.07, 6.45) is 0. The molecule has 0 saturated carbocycles. The predicted molar refractivity (Wildman–Crippen MR) is 121 cm³/mol. The Labute approximate surface area is 279 Å². The predicted octanol–water partition coefficient (Wildman–Crippen LogP) is -8.74. The number of rotatable bonds is 3. The second kappa shape index (κ2) is 17.6.